The summed E-state index contributed by atoms with van der Waals surface area (Å²) < 4.78 is 26.9. The topological polar surface area (TPSA) is 74.1 Å². The molecule has 0 aliphatic carbocycles. The second-order valence-corrected chi connectivity index (χ2v) is 7.02. The molecule has 31 heavy (non-hydrogen) atoms. The van der Waals surface area contributed by atoms with E-state index in [1.807, 2.05) is 12.3 Å². The van der Waals surface area contributed by atoms with Crippen LogP contribution in [0.4, 0.5) is 25.8 Å². The van der Waals surface area contributed by atoms with Gasteiger partial charge in [-0.15, -0.1) is 0 Å². The zero-order valence-corrected chi connectivity index (χ0v) is 17.2. The number of hydrogen-bond donors (Lipinski definition) is 1. The molecule has 0 saturated heterocycles. The summed E-state index contributed by atoms with van der Waals surface area (Å²) >= 11 is 0. The van der Waals surface area contributed by atoms with E-state index >= 15 is 0 Å². The van der Waals surface area contributed by atoms with Crippen molar-refractivity contribution < 1.29 is 18.4 Å². The first-order valence-electron chi connectivity index (χ1n) is 9.72. The van der Waals surface area contributed by atoms with Crippen LogP contribution in [0.2, 0.25) is 0 Å². The van der Waals surface area contributed by atoms with Gasteiger partial charge < -0.3 is 10.2 Å². The minimum Gasteiger partial charge on any atom is -0.333 e. The number of carbonyl (C=O) groups excluding carboxylic acids is 2. The van der Waals surface area contributed by atoms with E-state index in [0.29, 0.717) is 17.8 Å². The van der Waals surface area contributed by atoms with Gasteiger partial charge >= 0.3 is 0 Å². The molecule has 0 atom stereocenters. The highest BCUT2D eigenvalue weighted by Crippen LogP contribution is 2.24. The molecule has 1 aliphatic heterocycles. The molecule has 0 saturated carbocycles. The van der Waals surface area contributed by atoms with Gasteiger partial charge in [0.25, 0.3) is 0 Å². The maximum absolute atomic E-state index is 13.5. The Labute approximate surface area is 179 Å². The van der Waals surface area contributed by atoms with E-state index in [4.69, 9.17) is 0 Å². The number of anilines is 2. The Hall–Kier alpha value is -3.68. The molecular formula is C23H22F2N4O2. The van der Waals surface area contributed by atoms with Crippen molar-refractivity contribution >= 4 is 41.3 Å². The first-order valence-corrected chi connectivity index (χ1v) is 9.72. The lowest BCUT2D eigenvalue weighted by Crippen LogP contribution is -2.23. The van der Waals surface area contributed by atoms with Gasteiger partial charge in [0.1, 0.15) is 5.84 Å². The SMILES string of the molecule is CC(=Nc1cc(F)c(F)cc1C=O)N(C)c1ccc(NC(=O)CC2=CCCC=N2)cc1. The minimum atomic E-state index is -1.10. The molecule has 0 spiro atoms. The maximum Gasteiger partial charge on any atom is 0.230 e. The van der Waals surface area contributed by atoms with Crippen LogP contribution in [-0.4, -0.2) is 31.3 Å². The number of rotatable bonds is 6. The standard InChI is InChI=1S/C23H22F2N4O2/c1-15(27-22-13-21(25)20(24)11-16(22)14-30)29(2)19-8-6-17(7-9-19)28-23(31)12-18-5-3-4-10-26-18/h5-11,13-14H,3-4,12H2,1-2H3,(H,28,31). The Morgan fingerprint density at radius 3 is 2.55 bits per heavy atom. The van der Waals surface area contributed by atoms with Crippen molar-refractivity contribution in [3.63, 3.8) is 0 Å². The van der Waals surface area contributed by atoms with Crippen molar-refractivity contribution in [3.8, 4) is 0 Å². The Kier molecular flexibility index (Phi) is 7.02. The van der Waals surface area contributed by atoms with Crippen molar-refractivity contribution in [2.75, 3.05) is 17.3 Å². The number of carbonyl (C=O) groups is 2. The van der Waals surface area contributed by atoms with Crippen LogP contribution < -0.4 is 10.2 Å². The monoisotopic (exact) mass is 424 g/mol. The fourth-order valence-corrected chi connectivity index (χ4v) is 2.99. The van der Waals surface area contributed by atoms with Crippen LogP contribution in [0.25, 0.3) is 0 Å². The van der Waals surface area contributed by atoms with Crippen molar-refractivity contribution in [3.05, 3.63) is 65.4 Å². The quantitative estimate of drug-likeness (QED) is 0.401. The predicted octanol–water partition coefficient (Wildman–Crippen LogP) is 5.04. The number of benzene rings is 2. The van der Waals surface area contributed by atoms with E-state index in [0.717, 1.165) is 36.4 Å². The average Bonchev–Trinajstić information content (AvgIpc) is 2.76. The molecule has 2 aromatic carbocycles. The third-order valence-corrected chi connectivity index (χ3v) is 4.78. The van der Waals surface area contributed by atoms with E-state index in [-0.39, 0.29) is 23.6 Å². The Morgan fingerprint density at radius 2 is 1.90 bits per heavy atom. The average molecular weight is 424 g/mol. The van der Waals surface area contributed by atoms with Crippen molar-refractivity contribution in [2.45, 2.75) is 26.2 Å². The number of nitrogens with one attached hydrogen (secondary N) is 1. The summed E-state index contributed by atoms with van der Waals surface area (Å²) in [5.41, 5.74) is 2.16. The van der Waals surface area contributed by atoms with Crippen LogP contribution in [0.15, 0.2) is 58.2 Å². The minimum absolute atomic E-state index is 0.0397. The number of amidine groups is 1. The molecule has 0 fully saturated rings. The fraction of sp³-hybridized carbons (Fsp3) is 0.217. The maximum atomic E-state index is 13.5. The smallest absolute Gasteiger partial charge is 0.230 e. The molecule has 8 heteroatoms. The molecular weight excluding hydrogens is 402 g/mol. The lowest BCUT2D eigenvalue weighted by Gasteiger charge is -2.19. The van der Waals surface area contributed by atoms with Crippen molar-refractivity contribution in [1.82, 2.24) is 0 Å². The molecule has 0 radical (unpaired) electrons. The van der Waals surface area contributed by atoms with Gasteiger partial charge in [-0.3, -0.25) is 14.6 Å². The van der Waals surface area contributed by atoms with E-state index < -0.39 is 11.6 Å². The second kappa shape index (κ2) is 9.88. The van der Waals surface area contributed by atoms with E-state index in [2.05, 4.69) is 15.3 Å². The number of aliphatic imine (C=N–C) groups is 2. The number of amides is 1. The van der Waals surface area contributed by atoms with Crippen LogP contribution in [0.1, 0.15) is 36.5 Å². The molecule has 6 nitrogen and oxygen atoms in total. The first-order chi connectivity index (χ1) is 14.9. The fourth-order valence-electron chi connectivity index (χ4n) is 2.99. The van der Waals surface area contributed by atoms with Gasteiger partial charge in [-0.25, -0.2) is 13.8 Å². The van der Waals surface area contributed by atoms with Gasteiger partial charge in [-0.2, -0.15) is 0 Å². The molecule has 1 heterocycles. The van der Waals surface area contributed by atoms with Crippen LogP contribution in [0, 0.1) is 11.6 Å². The zero-order chi connectivity index (χ0) is 22.4. The molecule has 2 aromatic rings. The van der Waals surface area contributed by atoms with Gasteiger partial charge in [-0.1, -0.05) is 6.08 Å². The third kappa shape index (κ3) is 5.69. The van der Waals surface area contributed by atoms with Gasteiger partial charge in [0.2, 0.25) is 5.91 Å². The van der Waals surface area contributed by atoms with E-state index in [1.165, 1.54) is 0 Å². The van der Waals surface area contributed by atoms with Gasteiger partial charge in [0.05, 0.1) is 12.1 Å². The number of allylic oxidation sites excluding steroid dienone is 1. The molecule has 1 amide bonds. The zero-order valence-electron chi connectivity index (χ0n) is 17.2. The van der Waals surface area contributed by atoms with Crippen LogP contribution in [-0.2, 0) is 4.79 Å². The van der Waals surface area contributed by atoms with Crippen molar-refractivity contribution in [1.29, 1.82) is 0 Å². The second-order valence-electron chi connectivity index (χ2n) is 7.02. The van der Waals surface area contributed by atoms with Gasteiger partial charge in [-0.05, 0) is 50.1 Å². The van der Waals surface area contributed by atoms with Crippen LogP contribution >= 0.6 is 0 Å². The summed E-state index contributed by atoms with van der Waals surface area (Å²) in [6.45, 7) is 1.68. The summed E-state index contributed by atoms with van der Waals surface area (Å²) in [5.74, 6) is -1.86. The summed E-state index contributed by atoms with van der Waals surface area (Å²) in [7, 11) is 1.75. The Balaban J connectivity index is 1.69. The predicted molar refractivity (Wildman–Crippen MR) is 118 cm³/mol. The normalized spacial score (nSPS) is 13.5. The Bertz CT molecular complexity index is 1080. The van der Waals surface area contributed by atoms with Gasteiger partial charge in [0, 0.05) is 42.0 Å². The summed E-state index contributed by atoms with van der Waals surface area (Å²) in [4.78, 5) is 33.5. The number of nitrogens with zero attached hydrogens (tertiary/aromatic N) is 3. The third-order valence-electron chi connectivity index (χ3n) is 4.78. The number of halogens is 2. The first kappa shape index (κ1) is 22.0. The van der Waals surface area contributed by atoms with Crippen LogP contribution in [0.5, 0.6) is 0 Å². The summed E-state index contributed by atoms with van der Waals surface area (Å²) in [5, 5.41) is 2.83. The molecule has 0 unspecified atom stereocenters. The number of hydrogen-bond acceptors (Lipinski definition) is 4. The van der Waals surface area contributed by atoms with Gasteiger partial charge in [0.15, 0.2) is 17.9 Å². The highest BCUT2D eigenvalue weighted by Gasteiger charge is 2.12. The van der Waals surface area contributed by atoms with E-state index in [1.54, 1.807) is 43.1 Å². The highest BCUT2D eigenvalue weighted by atomic mass is 19.2. The largest absolute Gasteiger partial charge is 0.333 e. The summed E-state index contributed by atoms with van der Waals surface area (Å²) in [6.07, 6.45) is 6.22. The lowest BCUT2D eigenvalue weighted by molar-refractivity contribution is -0.115. The molecule has 3 rings (SSSR count). The Morgan fingerprint density at radius 1 is 1.19 bits per heavy atom. The number of aldehydes is 1. The summed E-state index contributed by atoms with van der Waals surface area (Å²) in [6, 6.07) is 8.80. The molecule has 0 bridgehead atoms. The molecule has 160 valence electrons. The molecule has 1 N–H and O–H groups in total. The molecule has 1 aliphatic rings. The van der Waals surface area contributed by atoms with Crippen LogP contribution in [0.3, 0.4) is 0 Å². The highest BCUT2D eigenvalue weighted by molar-refractivity contribution is 5.99. The molecule has 0 aromatic heterocycles. The van der Waals surface area contributed by atoms with Crippen molar-refractivity contribution in [2.24, 2.45) is 9.98 Å². The van der Waals surface area contributed by atoms with E-state index in [9.17, 15) is 18.4 Å². The lowest BCUT2D eigenvalue weighted by atomic mass is 10.2.